The third kappa shape index (κ3) is 1.92. The van der Waals surface area contributed by atoms with Crippen molar-refractivity contribution in [2.24, 2.45) is 5.73 Å². The molecule has 0 unspecified atom stereocenters. The van der Waals surface area contributed by atoms with Crippen LogP contribution < -0.4 is 5.73 Å². The second-order valence-electron chi connectivity index (χ2n) is 2.20. The number of carbonyl (C=O) groups excluding carboxylic acids is 2. The predicted octanol–water partition coefficient (Wildman–Crippen LogP) is 1.12. The van der Waals surface area contributed by atoms with E-state index in [9.17, 15) is 9.59 Å². The summed E-state index contributed by atoms with van der Waals surface area (Å²) in [6.07, 6.45) is 0. The van der Waals surface area contributed by atoms with Crippen molar-refractivity contribution < 1.29 is 9.59 Å². The Labute approximate surface area is 77.7 Å². The second kappa shape index (κ2) is 3.49. The molecule has 0 radical (unpaired) electrons. The lowest BCUT2D eigenvalue weighted by molar-refractivity contribution is -0.114. The van der Waals surface area contributed by atoms with Gasteiger partial charge in [0.2, 0.25) is 5.78 Å². The van der Waals surface area contributed by atoms with Crippen LogP contribution >= 0.6 is 15.9 Å². The molecule has 0 aliphatic heterocycles. The van der Waals surface area contributed by atoms with E-state index < -0.39 is 11.7 Å². The van der Waals surface area contributed by atoms with E-state index in [-0.39, 0.29) is 0 Å². The van der Waals surface area contributed by atoms with Gasteiger partial charge in [0.1, 0.15) is 0 Å². The molecule has 0 saturated heterocycles. The van der Waals surface area contributed by atoms with Crippen molar-refractivity contribution in [3.05, 3.63) is 34.3 Å². The zero-order chi connectivity index (χ0) is 9.14. The first-order valence-electron chi connectivity index (χ1n) is 3.21. The molecule has 1 aromatic rings. The fraction of sp³-hybridized carbons (Fsp3) is 0. The molecule has 1 aromatic carbocycles. The predicted molar refractivity (Wildman–Crippen MR) is 47.7 cm³/mol. The van der Waals surface area contributed by atoms with Crippen LogP contribution in [0.5, 0.6) is 0 Å². The topological polar surface area (TPSA) is 60.2 Å². The van der Waals surface area contributed by atoms with Crippen molar-refractivity contribution >= 4 is 27.6 Å². The molecule has 0 fully saturated rings. The fourth-order valence-corrected chi connectivity index (χ4v) is 1.01. The maximum Gasteiger partial charge on any atom is 0.289 e. The molecule has 1 rings (SSSR count). The quantitative estimate of drug-likeness (QED) is 0.608. The third-order valence-corrected chi connectivity index (χ3v) is 1.86. The van der Waals surface area contributed by atoms with E-state index in [1.54, 1.807) is 12.1 Å². The van der Waals surface area contributed by atoms with E-state index in [0.29, 0.717) is 5.56 Å². The number of Topliss-reactive ketones (excluding diaryl/α,β-unsaturated/α-hetero) is 1. The van der Waals surface area contributed by atoms with E-state index in [1.165, 1.54) is 12.1 Å². The first-order chi connectivity index (χ1) is 5.61. The van der Waals surface area contributed by atoms with Gasteiger partial charge in [0.05, 0.1) is 0 Å². The molecule has 0 aliphatic rings. The highest BCUT2D eigenvalue weighted by molar-refractivity contribution is 9.10. The lowest BCUT2D eigenvalue weighted by Crippen LogP contribution is -2.22. The number of rotatable bonds is 2. The van der Waals surface area contributed by atoms with Crippen molar-refractivity contribution in [2.45, 2.75) is 0 Å². The van der Waals surface area contributed by atoms with Gasteiger partial charge in [-0.3, -0.25) is 9.59 Å². The van der Waals surface area contributed by atoms with Gasteiger partial charge in [-0.15, -0.1) is 0 Å². The molecule has 12 heavy (non-hydrogen) atoms. The molecule has 2 N–H and O–H groups in total. The Balaban J connectivity index is 2.98. The number of carbonyl (C=O) groups is 2. The van der Waals surface area contributed by atoms with E-state index >= 15 is 0 Å². The van der Waals surface area contributed by atoms with Crippen LogP contribution in [0.4, 0.5) is 0 Å². The third-order valence-electron chi connectivity index (χ3n) is 1.33. The van der Waals surface area contributed by atoms with Crippen LogP contribution in [0.25, 0.3) is 0 Å². The molecule has 0 aromatic heterocycles. The van der Waals surface area contributed by atoms with E-state index in [4.69, 9.17) is 5.73 Å². The largest absolute Gasteiger partial charge is 0.363 e. The number of ketones is 1. The average molecular weight is 228 g/mol. The zero-order valence-electron chi connectivity index (χ0n) is 6.08. The molecule has 3 nitrogen and oxygen atoms in total. The van der Waals surface area contributed by atoms with Gasteiger partial charge in [-0.25, -0.2) is 0 Å². The molecular weight excluding hydrogens is 222 g/mol. The molecule has 0 heterocycles. The number of benzene rings is 1. The Morgan fingerprint density at radius 1 is 1.17 bits per heavy atom. The van der Waals surface area contributed by atoms with Crippen LogP contribution in [0.2, 0.25) is 0 Å². The SMILES string of the molecule is NC(=O)C(=O)c1ccc(Br)cc1. The Morgan fingerprint density at radius 2 is 1.67 bits per heavy atom. The van der Waals surface area contributed by atoms with Gasteiger partial charge in [0.25, 0.3) is 5.91 Å². The summed E-state index contributed by atoms with van der Waals surface area (Å²) in [6, 6.07) is 6.43. The van der Waals surface area contributed by atoms with Crippen molar-refractivity contribution in [2.75, 3.05) is 0 Å². The summed E-state index contributed by atoms with van der Waals surface area (Å²) in [5.74, 6) is -1.60. The monoisotopic (exact) mass is 227 g/mol. The number of primary amides is 1. The highest BCUT2D eigenvalue weighted by Crippen LogP contribution is 2.10. The number of hydrogen-bond acceptors (Lipinski definition) is 2. The van der Waals surface area contributed by atoms with Crippen molar-refractivity contribution in [1.29, 1.82) is 0 Å². The maximum atomic E-state index is 11.0. The minimum atomic E-state index is -0.933. The Hall–Kier alpha value is -1.16. The summed E-state index contributed by atoms with van der Waals surface area (Å²) in [7, 11) is 0. The van der Waals surface area contributed by atoms with Gasteiger partial charge in [0.15, 0.2) is 0 Å². The Kier molecular flexibility index (Phi) is 2.60. The molecule has 0 bridgehead atoms. The van der Waals surface area contributed by atoms with Crippen molar-refractivity contribution in [3.63, 3.8) is 0 Å². The van der Waals surface area contributed by atoms with Crippen LogP contribution in [-0.2, 0) is 4.79 Å². The highest BCUT2D eigenvalue weighted by Gasteiger charge is 2.10. The van der Waals surface area contributed by atoms with E-state index in [1.807, 2.05) is 0 Å². The van der Waals surface area contributed by atoms with Gasteiger partial charge in [-0.1, -0.05) is 15.9 Å². The van der Waals surface area contributed by atoms with Crippen LogP contribution in [0, 0.1) is 0 Å². The van der Waals surface area contributed by atoms with Crippen LogP contribution in [0.1, 0.15) is 10.4 Å². The number of nitrogens with two attached hydrogens (primary N) is 1. The summed E-state index contributed by atoms with van der Waals surface area (Å²) >= 11 is 3.20. The summed E-state index contributed by atoms with van der Waals surface area (Å²) in [5.41, 5.74) is 5.12. The van der Waals surface area contributed by atoms with Crippen LogP contribution in [-0.4, -0.2) is 11.7 Å². The van der Waals surface area contributed by atoms with Gasteiger partial charge in [-0.05, 0) is 24.3 Å². The fourth-order valence-electron chi connectivity index (χ4n) is 0.744. The highest BCUT2D eigenvalue weighted by atomic mass is 79.9. The summed E-state index contributed by atoms with van der Waals surface area (Å²) < 4.78 is 0.850. The van der Waals surface area contributed by atoms with Crippen LogP contribution in [0.15, 0.2) is 28.7 Å². The Bertz CT molecular complexity index is 318. The number of halogens is 1. The Morgan fingerprint density at radius 3 is 2.08 bits per heavy atom. The molecule has 0 saturated carbocycles. The van der Waals surface area contributed by atoms with E-state index in [2.05, 4.69) is 15.9 Å². The lowest BCUT2D eigenvalue weighted by atomic mass is 10.1. The molecule has 1 amide bonds. The minimum absolute atomic E-state index is 0.311. The molecule has 0 atom stereocenters. The zero-order valence-corrected chi connectivity index (χ0v) is 7.67. The summed E-state index contributed by atoms with van der Waals surface area (Å²) in [5, 5.41) is 0. The summed E-state index contributed by atoms with van der Waals surface area (Å²) in [4.78, 5) is 21.4. The molecule has 0 spiro atoms. The molecular formula is C8H6BrNO2. The van der Waals surface area contributed by atoms with Crippen molar-refractivity contribution in [3.8, 4) is 0 Å². The number of amides is 1. The minimum Gasteiger partial charge on any atom is -0.363 e. The second-order valence-corrected chi connectivity index (χ2v) is 3.12. The first-order valence-corrected chi connectivity index (χ1v) is 4.00. The van der Waals surface area contributed by atoms with Crippen molar-refractivity contribution in [1.82, 2.24) is 0 Å². The molecule has 0 aliphatic carbocycles. The van der Waals surface area contributed by atoms with Gasteiger partial charge in [0, 0.05) is 10.0 Å². The molecule has 62 valence electrons. The number of hydrogen-bond donors (Lipinski definition) is 1. The maximum absolute atomic E-state index is 11.0. The lowest BCUT2D eigenvalue weighted by Gasteiger charge is -1.95. The normalized spacial score (nSPS) is 9.42. The van der Waals surface area contributed by atoms with Gasteiger partial charge >= 0.3 is 0 Å². The summed E-state index contributed by atoms with van der Waals surface area (Å²) in [6.45, 7) is 0. The first kappa shape index (κ1) is 8.93. The average Bonchev–Trinajstić information content (AvgIpc) is 2.04. The van der Waals surface area contributed by atoms with E-state index in [0.717, 1.165) is 4.47 Å². The standard InChI is InChI=1S/C8H6BrNO2/c9-6-3-1-5(2-4-6)7(11)8(10)12/h1-4H,(H2,10,12). The van der Waals surface area contributed by atoms with Gasteiger partial charge < -0.3 is 5.73 Å². The van der Waals surface area contributed by atoms with Crippen LogP contribution in [0.3, 0.4) is 0 Å². The molecule has 4 heteroatoms. The smallest absolute Gasteiger partial charge is 0.289 e. The van der Waals surface area contributed by atoms with Gasteiger partial charge in [-0.2, -0.15) is 0 Å².